The first-order valence-electron chi connectivity index (χ1n) is 7.34. The zero-order valence-corrected chi connectivity index (χ0v) is 13.5. The molecule has 1 aromatic heterocycles. The number of benzene rings is 1. The van der Waals surface area contributed by atoms with E-state index in [-0.39, 0.29) is 11.3 Å². The van der Waals surface area contributed by atoms with Crippen LogP contribution in [-0.4, -0.2) is 39.2 Å². The predicted octanol–water partition coefficient (Wildman–Crippen LogP) is 2.47. The van der Waals surface area contributed by atoms with Gasteiger partial charge in [-0.05, 0) is 38.1 Å². The predicted molar refractivity (Wildman–Crippen MR) is 82.5 cm³/mol. The van der Waals surface area contributed by atoms with E-state index in [1.807, 2.05) is 5.32 Å². The minimum absolute atomic E-state index is 0.115. The number of carbonyl (C=O) groups is 2. The molecule has 6 nitrogen and oxygen atoms in total. The molecule has 1 atom stereocenters. The van der Waals surface area contributed by atoms with Gasteiger partial charge < -0.3 is 10.4 Å². The van der Waals surface area contributed by atoms with Crippen molar-refractivity contribution in [2.45, 2.75) is 32.7 Å². The number of amides is 1. The number of alkyl halides is 2. The van der Waals surface area contributed by atoms with Gasteiger partial charge in [0.1, 0.15) is 17.5 Å². The molecule has 1 unspecified atom stereocenters. The SMILES string of the molecule is Cc1cc(C)n(-c2ccc(C(=O)NC(CC(F)F)C(=O)O)cc2F)n1. The molecule has 2 N–H and O–H groups in total. The van der Waals surface area contributed by atoms with Crippen molar-refractivity contribution < 1.29 is 27.9 Å². The highest BCUT2D eigenvalue weighted by Crippen LogP contribution is 2.18. The summed E-state index contributed by atoms with van der Waals surface area (Å²) in [6, 6.07) is 3.48. The van der Waals surface area contributed by atoms with Gasteiger partial charge in [-0.15, -0.1) is 0 Å². The molecular formula is C16H16F3N3O3. The van der Waals surface area contributed by atoms with Crippen molar-refractivity contribution in [2.24, 2.45) is 0 Å². The van der Waals surface area contributed by atoms with Gasteiger partial charge in [-0.2, -0.15) is 5.10 Å². The molecule has 0 aliphatic rings. The fraction of sp³-hybridized carbons (Fsp3) is 0.312. The van der Waals surface area contributed by atoms with Crippen molar-refractivity contribution >= 4 is 11.9 Å². The topological polar surface area (TPSA) is 84.2 Å². The maximum absolute atomic E-state index is 14.3. The fourth-order valence-electron chi connectivity index (χ4n) is 2.33. The van der Waals surface area contributed by atoms with Crippen LogP contribution in [-0.2, 0) is 4.79 Å². The van der Waals surface area contributed by atoms with Crippen LogP contribution >= 0.6 is 0 Å². The summed E-state index contributed by atoms with van der Waals surface area (Å²) >= 11 is 0. The number of aliphatic carboxylic acids is 1. The molecule has 0 radical (unpaired) electrons. The van der Waals surface area contributed by atoms with Gasteiger partial charge in [0.25, 0.3) is 5.91 Å². The standard InChI is InChI=1S/C16H16F3N3O3/c1-8-5-9(2)22(21-8)13-4-3-10(6-11(13)17)15(23)20-12(16(24)25)7-14(18)19/h3-6,12,14H,7H2,1-2H3,(H,20,23)(H,24,25). The summed E-state index contributed by atoms with van der Waals surface area (Å²) in [7, 11) is 0. The van der Waals surface area contributed by atoms with Gasteiger partial charge in [0, 0.05) is 17.7 Å². The van der Waals surface area contributed by atoms with Crippen LogP contribution in [0.15, 0.2) is 24.3 Å². The smallest absolute Gasteiger partial charge is 0.326 e. The number of halogens is 3. The lowest BCUT2D eigenvalue weighted by atomic mass is 10.1. The molecule has 2 rings (SSSR count). The highest BCUT2D eigenvalue weighted by Gasteiger charge is 2.25. The molecule has 0 aliphatic carbocycles. The number of carbonyl (C=O) groups excluding carboxylic acids is 1. The second-order valence-electron chi connectivity index (χ2n) is 5.50. The summed E-state index contributed by atoms with van der Waals surface area (Å²) in [6.45, 7) is 3.49. The molecule has 134 valence electrons. The van der Waals surface area contributed by atoms with E-state index in [4.69, 9.17) is 5.11 Å². The number of carboxylic acid groups (broad SMARTS) is 1. The van der Waals surface area contributed by atoms with Gasteiger partial charge in [0.05, 0.1) is 5.69 Å². The van der Waals surface area contributed by atoms with Crippen molar-refractivity contribution in [3.63, 3.8) is 0 Å². The van der Waals surface area contributed by atoms with E-state index < -0.39 is 36.6 Å². The zero-order valence-electron chi connectivity index (χ0n) is 13.5. The Morgan fingerprint density at radius 2 is 1.96 bits per heavy atom. The molecule has 0 spiro atoms. The van der Waals surface area contributed by atoms with Gasteiger partial charge in [-0.3, -0.25) is 4.79 Å². The maximum Gasteiger partial charge on any atom is 0.326 e. The molecule has 0 saturated heterocycles. The van der Waals surface area contributed by atoms with Crippen molar-refractivity contribution in [3.05, 3.63) is 47.0 Å². The highest BCUT2D eigenvalue weighted by atomic mass is 19.3. The average Bonchev–Trinajstić information content (AvgIpc) is 2.84. The van der Waals surface area contributed by atoms with E-state index in [1.165, 1.54) is 16.8 Å². The molecule has 1 aromatic carbocycles. The number of nitrogens with one attached hydrogen (secondary N) is 1. The van der Waals surface area contributed by atoms with Gasteiger partial charge in [0.2, 0.25) is 6.43 Å². The van der Waals surface area contributed by atoms with Crippen LogP contribution in [0.2, 0.25) is 0 Å². The Balaban J connectivity index is 2.23. The monoisotopic (exact) mass is 355 g/mol. The summed E-state index contributed by atoms with van der Waals surface area (Å²) in [4.78, 5) is 22.9. The third-order valence-electron chi connectivity index (χ3n) is 3.46. The second kappa shape index (κ2) is 7.37. The Bertz CT molecular complexity index is 805. The van der Waals surface area contributed by atoms with Crippen LogP contribution in [0.25, 0.3) is 5.69 Å². The van der Waals surface area contributed by atoms with E-state index in [1.54, 1.807) is 19.9 Å². The van der Waals surface area contributed by atoms with Crippen molar-refractivity contribution in [2.75, 3.05) is 0 Å². The third-order valence-corrected chi connectivity index (χ3v) is 3.46. The first-order valence-corrected chi connectivity index (χ1v) is 7.34. The molecule has 1 heterocycles. The van der Waals surface area contributed by atoms with Gasteiger partial charge in [-0.1, -0.05) is 0 Å². The lowest BCUT2D eigenvalue weighted by Crippen LogP contribution is -2.42. The fourth-order valence-corrected chi connectivity index (χ4v) is 2.33. The number of aryl methyl sites for hydroxylation is 2. The second-order valence-corrected chi connectivity index (χ2v) is 5.50. The quantitative estimate of drug-likeness (QED) is 0.834. The Morgan fingerprint density at radius 3 is 2.44 bits per heavy atom. The molecular weight excluding hydrogens is 339 g/mol. The van der Waals surface area contributed by atoms with Crippen LogP contribution in [0.5, 0.6) is 0 Å². The van der Waals surface area contributed by atoms with Gasteiger partial charge in [-0.25, -0.2) is 22.6 Å². The van der Waals surface area contributed by atoms with Gasteiger partial charge >= 0.3 is 5.97 Å². The van der Waals surface area contributed by atoms with E-state index in [9.17, 15) is 22.8 Å². The maximum atomic E-state index is 14.3. The Labute approximate surface area is 141 Å². The first-order chi connectivity index (χ1) is 11.7. The number of hydrogen-bond donors (Lipinski definition) is 2. The molecule has 9 heteroatoms. The third kappa shape index (κ3) is 4.37. The minimum atomic E-state index is -2.90. The molecule has 1 amide bonds. The summed E-state index contributed by atoms with van der Waals surface area (Å²) < 4.78 is 40.4. The number of carboxylic acids is 1. The molecule has 0 bridgehead atoms. The summed E-state index contributed by atoms with van der Waals surface area (Å²) in [5, 5.41) is 15.0. The molecule has 2 aromatic rings. The number of aromatic nitrogens is 2. The van der Waals surface area contributed by atoms with Crippen LogP contribution in [0.4, 0.5) is 13.2 Å². The lowest BCUT2D eigenvalue weighted by Gasteiger charge is -2.14. The van der Waals surface area contributed by atoms with E-state index in [0.29, 0.717) is 11.4 Å². The van der Waals surface area contributed by atoms with Crippen LogP contribution < -0.4 is 5.32 Å². The van der Waals surface area contributed by atoms with Gasteiger partial charge in [0.15, 0.2) is 0 Å². The normalized spacial score (nSPS) is 12.2. The van der Waals surface area contributed by atoms with Crippen LogP contribution in [0, 0.1) is 19.7 Å². The average molecular weight is 355 g/mol. The molecule has 0 aliphatic heterocycles. The molecule has 0 saturated carbocycles. The van der Waals surface area contributed by atoms with Crippen molar-refractivity contribution in [1.82, 2.24) is 15.1 Å². The van der Waals surface area contributed by atoms with E-state index in [2.05, 4.69) is 5.10 Å². The lowest BCUT2D eigenvalue weighted by molar-refractivity contribution is -0.140. The summed E-state index contributed by atoms with van der Waals surface area (Å²) in [6.07, 6.45) is -3.93. The number of nitrogens with zero attached hydrogens (tertiary/aromatic N) is 2. The van der Waals surface area contributed by atoms with Crippen molar-refractivity contribution in [3.8, 4) is 5.69 Å². The minimum Gasteiger partial charge on any atom is -0.480 e. The Hall–Kier alpha value is -2.84. The summed E-state index contributed by atoms with van der Waals surface area (Å²) in [5.41, 5.74) is 1.32. The summed E-state index contributed by atoms with van der Waals surface area (Å²) in [5.74, 6) is -3.29. The molecule has 0 fully saturated rings. The van der Waals surface area contributed by atoms with Crippen molar-refractivity contribution in [1.29, 1.82) is 0 Å². The zero-order chi connectivity index (χ0) is 18.7. The van der Waals surface area contributed by atoms with Crippen LogP contribution in [0.1, 0.15) is 28.2 Å². The largest absolute Gasteiger partial charge is 0.480 e. The number of rotatable bonds is 6. The first kappa shape index (κ1) is 18.5. The highest BCUT2D eigenvalue weighted by molar-refractivity contribution is 5.96. The van der Waals surface area contributed by atoms with E-state index in [0.717, 1.165) is 6.07 Å². The van der Waals surface area contributed by atoms with E-state index >= 15 is 0 Å². The Morgan fingerprint density at radius 1 is 1.28 bits per heavy atom. The Kier molecular flexibility index (Phi) is 5.45. The number of hydrogen-bond acceptors (Lipinski definition) is 3. The van der Waals surface area contributed by atoms with Crippen LogP contribution in [0.3, 0.4) is 0 Å². The molecule has 25 heavy (non-hydrogen) atoms.